The monoisotopic (exact) mass is 432 g/mol. The first-order valence-electron chi connectivity index (χ1n) is 9.56. The molecule has 1 aliphatic carbocycles. The summed E-state index contributed by atoms with van der Waals surface area (Å²) in [6.45, 7) is 2.19. The summed E-state index contributed by atoms with van der Waals surface area (Å²) < 4.78 is 33.1. The average molecular weight is 433 g/mol. The molecule has 0 saturated heterocycles. The fourth-order valence-electron chi connectivity index (χ4n) is 3.20. The molecule has 10 heteroatoms. The minimum atomic E-state index is -4.06. The highest BCUT2D eigenvalue weighted by molar-refractivity contribution is 7.92. The number of benzene rings is 2. The van der Waals surface area contributed by atoms with Gasteiger partial charge in [-0.25, -0.2) is 8.42 Å². The van der Waals surface area contributed by atoms with Crippen LogP contribution in [0.2, 0.25) is 0 Å². The third-order valence-electron chi connectivity index (χ3n) is 5.01. The zero-order chi connectivity index (χ0) is 21.7. The first kappa shape index (κ1) is 21.6. The van der Waals surface area contributed by atoms with Crippen molar-refractivity contribution in [1.29, 1.82) is 0 Å². The fraction of sp³-hybridized carbons (Fsp3) is 0.350. The molecule has 0 radical (unpaired) electrons. The number of nitro benzene ring substituents is 1. The molecular formula is C20H24N4O5S. The summed E-state index contributed by atoms with van der Waals surface area (Å²) in [5.74, 6) is 0.991. The lowest BCUT2D eigenvalue weighted by Gasteiger charge is -2.19. The Morgan fingerprint density at radius 2 is 1.83 bits per heavy atom. The number of nitrogens with zero attached hydrogens (tertiary/aromatic N) is 2. The summed E-state index contributed by atoms with van der Waals surface area (Å²) >= 11 is 0. The summed E-state index contributed by atoms with van der Waals surface area (Å²) in [7, 11) is -2.63. The van der Waals surface area contributed by atoms with Gasteiger partial charge in [0.25, 0.3) is 15.7 Å². The van der Waals surface area contributed by atoms with E-state index in [4.69, 9.17) is 4.74 Å². The predicted molar refractivity (Wildman–Crippen MR) is 116 cm³/mol. The van der Waals surface area contributed by atoms with E-state index in [1.807, 2.05) is 0 Å². The smallest absolute Gasteiger partial charge is 0.295 e. The van der Waals surface area contributed by atoms with Crippen molar-refractivity contribution in [2.45, 2.75) is 37.5 Å². The molecule has 1 aliphatic rings. The summed E-state index contributed by atoms with van der Waals surface area (Å²) in [6, 6.07) is 10.2. The van der Waals surface area contributed by atoms with Crippen molar-refractivity contribution in [3.8, 4) is 5.75 Å². The Hall–Kier alpha value is -3.14. The second kappa shape index (κ2) is 9.12. The van der Waals surface area contributed by atoms with Crippen LogP contribution >= 0.6 is 0 Å². The van der Waals surface area contributed by atoms with Crippen molar-refractivity contribution < 1.29 is 18.1 Å². The van der Waals surface area contributed by atoms with Crippen LogP contribution in [0.5, 0.6) is 5.75 Å². The molecular weight excluding hydrogens is 408 g/mol. The summed E-state index contributed by atoms with van der Waals surface area (Å²) in [5, 5.41) is 15.8. The van der Waals surface area contributed by atoms with Crippen LogP contribution in [0, 0.1) is 16.0 Å². The molecule has 9 nitrogen and oxygen atoms in total. The zero-order valence-corrected chi connectivity index (χ0v) is 17.6. The number of para-hydroxylation sites is 2. The Bertz CT molecular complexity index is 1060. The molecule has 2 aromatic rings. The maximum atomic E-state index is 12.8. The van der Waals surface area contributed by atoms with Gasteiger partial charge in [0.05, 0.1) is 22.6 Å². The molecule has 0 aliphatic heterocycles. The van der Waals surface area contributed by atoms with E-state index in [1.54, 1.807) is 24.3 Å². The van der Waals surface area contributed by atoms with Gasteiger partial charge in [-0.3, -0.25) is 20.3 Å². The molecule has 0 spiro atoms. The van der Waals surface area contributed by atoms with Crippen LogP contribution in [0.15, 0.2) is 52.5 Å². The SMILES string of the molecule is COc1ccccc1NS(=O)(=O)c1ccc(NN=C2CCC(C)CC2)c([N+](=O)[O-])c1. The van der Waals surface area contributed by atoms with Crippen molar-refractivity contribution in [2.75, 3.05) is 17.3 Å². The highest BCUT2D eigenvalue weighted by Gasteiger charge is 2.23. The van der Waals surface area contributed by atoms with Crippen LogP contribution in [0.25, 0.3) is 0 Å². The van der Waals surface area contributed by atoms with E-state index in [0.29, 0.717) is 11.7 Å². The molecule has 2 N–H and O–H groups in total. The fourth-order valence-corrected chi connectivity index (χ4v) is 4.29. The lowest BCUT2D eigenvalue weighted by molar-refractivity contribution is -0.384. The molecule has 0 bridgehead atoms. The lowest BCUT2D eigenvalue weighted by Crippen LogP contribution is -2.15. The van der Waals surface area contributed by atoms with Gasteiger partial charge in [0.15, 0.2) is 0 Å². The van der Waals surface area contributed by atoms with Gasteiger partial charge in [-0.1, -0.05) is 19.1 Å². The van der Waals surface area contributed by atoms with Crippen LogP contribution < -0.4 is 14.9 Å². The first-order valence-corrected chi connectivity index (χ1v) is 11.0. The molecule has 1 saturated carbocycles. The Balaban J connectivity index is 1.85. The average Bonchev–Trinajstić information content (AvgIpc) is 2.73. The number of hydrogen-bond donors (Lipinski definition) is 2. The molecule has 2 aromatic carbocycles. The van der Waals surface area contributed by atoms with Crippen molar-refractivity contribution in [3.05, 3.63) is 52.6 Å². The van der Waals surface area contributed by atoms with Gasteiger partial charge in [-0.15, -0.1) is 0 Å². The van der Waals surface area contributed by atoms with E-state index in [2.05, 4.69) is 22.2 Å². The normalized spacial score (nSPS) is 16.6. The molecule has 0 amide bonds. The molecule has 30 heavy (non-hydrogen) atoms. The molecule has 3 rings (SSSR count). The van der Waals surface area contributed by atoms with Crippen LogP contribution in [-0.2, 0) is 10.0 Å². The maximum Gasteiger partial charge on any atom is 0.295 e. The second-order valence-corrected chi connectivity index (χ2v) is 8.90. The topological polar surface area (TPSA) is 123 Å². The molecule has 0 unspecified atom stereocenters. The van der Waals surface area contributed by atoms with E-state index < -0.39 is 14.9 Å². The number of hydrogen-bond acceptors (Lipinski definition) is 7. The van der Waals surface area contributed by atoms with Gasteiger partial charge in [-0.2, -0.15) is 5.10 Å². The van der Waals surface area contributed by atoms with Gasteiger partial charge in [0, 0.05) is 11.8 Å². The summed E-state index contributed by atoms with van der Waals surface area (Å²) in [4.78, 5) is 10.7. The summed E-state index contributed by atoms with van der Waals surface area (Å²) in [5.41, 5.74) is 3.70. The maximum absolute atomic E-state index is 12.8. The predicted octanol–water partition coefficient (Wildman–Crippen LogP) is 4.38. The van der Waals surface area contributed by atoms with Gasteiger partial charge in [0.1, 0.15) is 11.4 Å². The Labute approximate surface area is 175 Å². The number of nitro groups is 1. The standard InChI is InChI=1S/C20H24N4O5S/c1-14-7-9-15(10-8-14)21-22-17-12-11-16(13-19(17)24(25)26)30(27,28)23-18-5-3-4-6-20(18)29-2/h3-6,11-14,22-23H,7-10H2,1-2H3. The number of ether oxygens (including phenoxy) is 1. The van der Waals surface area contributed by atoms with Crippen LogP contribution in [0.4, 0.5) is 17.1 Å². The quantitative estimate of drug-likeness (QED) is 0.494. The minimum Gasteiger partial charge on any atom is -0.495 e. The zero-order valence-electron chi connectivity index (χ0n) is 16.8. The number of sulfonamides is 1. The highest BCUT2D eigenvalue weighted by atomic mass is 32.2. The highest BCUT2D eigenvalue weighted by Crippen LogP contribution is 2.31. The second-order valence-electron chi connectivity index (χ2n) is 7.21. The van der Waals surface area contributed by atoms with Crippen molar-refractivity contribution >= 4 is 32.8 Å². The lowest BCUT2D eigenvalue weighted by atomic mass is 9.90. The van der Waals surface area contributed by atoms with Gasteiger partial charge in [-0.05, 0) is 55.9 Å². The molecule has 0 aromatic heterocycles. The summed E-state index contributed by atoms with van der Waals surface area (Å²) in [6.07, 6.45) is 3.76. The van der Waals surface area contributed by atoms with Gasteiger partial charge < -0.3 is 4.74 Å². The largest absolute Gasteiger partial charge is 0.495 e. The van der Waals surface area contributed by atoms with Crippen molar-refractivity contribution in [1.82, 2.24) is 0 Å². The number of anilines is 2. The molecule has 1 fully saturated rings. The van der Waals surface area contributed by atoms with Crippen molar-refractivity contribution in [2.24, 2.45) is 11.0 Å². The van der Waals surface area contributed by atoms with E-state index in [0.717, 1.165) is 37.5 Å². The molecule has 0 atom stereocenters. The Morgan fingerprint density at radius 3 is 2.50 bits per heavy atom. The number of rotatable bonds is 7. The van der Waals surface area contributed by atoms with E-state index in [9.17, 15) is 18.5 Å². The third-order valence-corrected chi connectivity index (χ3v) is 6.38. The molecule has 0 heterocycles. The Kier molecular flexibility index (Phi) is 6.56. The first-order chi connectivity index (χ1) is 14.3. The van der Waals surface area contributed by atoms with Gasteiger partial charge in [0.2, 0.25) is 0 Å². The Morgan fingerprint density at radius 1 is 1.13 bits per heavy atom. The van der Waals surface area contributed by atoms with Crippen LogP contribution in [0.1, 0.15) is 32.6 Å². The van der Waals surface area contributed by atoms with Crippen LogP contribution in [0.3, 0.4) is 0 Å². The van der Waals surface area contributed by atoms with Crippen LogP contribution in [-0.4, -0.2) is 26.2 Å². The van der Waals surface area contributed by atoms with E-state index >= 15 is 0 Å². The van der Waals surface area contributed by atoms with Gasteiger partial charge >= 0.3 is 0 Å². The van der Waals surface area contributed by atoms with E-state index in [-0.39, 0.29) is 22.0 Å². The number of nitrogens with one attached hydrogen (secondary N) is 2. The van der Waals surface area contributed by atoms with Crippen molar-refractivity contribution in [3.63, 3.8) is 0 Å². The molecule has 160 valence electrons. The van der Waals surface area contributed by atoms with E-state index in [1.165, 1.54) is 19.2 Å². The number of hydrazone groups is 1. The third kappa shape index (κ3) is 5.07. The number of methoxy groups -OCH3 is 1. The minimum absolute atomic E-state index is 0.141.